The molecule has 6 heteroatoms. The van der Waals surface area contributed by atoms with Crippen molar-refractivity contribution in [2.75, 3.05) is 20.7 Å². The van der Waals surface area contributed by atoms with Gasteiger partial charge in [0.05, 0.1) is 37.5 Å². The first-order chi connectivity index (χ1) is 13.9. The van der Waals surface area contributed by atoms with Gasteiger partial charge in [0.15, 0.2) is 0 Å². The molecule has 2 aliphatic rings. The van der Waals surface area contributed by atoms with Crippen LogP contribution >= 0.6 is 0 Å². The monoisotopic (exact) mass is 389 g/mol. The van der Waals surface area contributed by atoms with Crippen LogP contribution < -0.4 is 4.74 Å². The van der Waals surface area contributed by atoms with Gasteiger partial charge in [0, 0.05) is 23.7 Å². The first-order valence-electron chi connectivity index (χ1n) is 9.48. The molecule has 0 aromatic heterocycles. The number of fused-ring (bicyclic) bond motifs is 2. The minimum atomic E-state index is -0.654. The molecule has 0 atom stereocenters. The predicted octanol–water partition coefficient (Wildman–Crippen LogP) is 3.59. The Labute approximate surface area is 170 Å². The van der Waals surface area contributed by atoms with Crippen LogP contribution in [0, 0.1) is 11.3 Å². The molecule has 0 bridgehead atoms. The van der Waals surface area contributed by atoms with Crippen LogP contribution in [-0.4, -0.2) is 42.2 Å². The van der Waals surface area contributed by atoms with Crippen molar-refractivity contribution < 1.29 is 14.4 Å². The molecule has 6 nitrogen and oxygen atoms in total. The SMILES string of the molecule is CON(C)CC1=C(N2Cc3ccccc3C2=O)c2cc(C#N)ccc2OC1(C)C. The minimum absolute atomic E-state index is 0.0424. The maximum atomic E-state index is 13.3. The van der Waals surface area contributed by atoms with Crippen molar-refractivity contribution in [3.05, 3.63) is 70.3 Å². The van der Waals surface area contributed by atoms with Gasteiger partial charge in [-0.05, 0) is 43.7 Å². The molecule has 0 saturated carbocycles. The van der Waals surface area contributed by atoms with E-state index in [4.69, 9.17) is 9.57 Å². The van der Waals surface area contributed by atoms with Gasteiger partial charge >= 0.3 is 0 Å². The molecule has 29 heavy (non-hydrogen) atoms. The van der Waals surface area contributed by atoms with E-state index < -0.39 is 5.60 Å². The molecule has 1 amide bonds. The summed E-state index contributed by atoms with van der Waals surface area (Å²) in [6, 6.07) is 15.2. The third kappa shape index (κ3) is 3.19. The quantitative estimate of drug-likeness (QED) is 0.748. The molecular weight excluding hydrogens is 366 g/mol. The minimum Gasteiger partial charge on any atom is -0.483 e. The van der Waals surface area contributed by atoms with E-state index in [1.807, 2.05) is 45.2 Å². The number of carbonyl (C=O) groups is 1. The highest BCUT2D eigenvalue weighted by Crippen LogP contribution is 2.45. The molecule has 0 saturated heterocycles. The number of amides is 1. The molecule has 0 spiro atoms. The van der Waals surface area contributed by atoms with Crippen LogP contribution in [-0.2, 0) is 11.4 Å². The summed E-state index contributed by atoms with van der Waals surface area (Å²) in [7, 11) is 3.44. The lowest BCUT2D eigenvalue weighted by Gasteiger charge is -2.40. The lowest BCUT2D eigenvalue weighted by molar-refractivity contribution is -0.105. The van der Waals surface area contributed by atoms with E-state index in [0.717, 1.165) is 22.4 Å². The number of benzene rings is 2. The molecule has 0 radical (unpaired) electrons. The molecule has 4 rings (SSSR count). The molecule has 2 heterocycles. The van der Waals surface area contributed by atoms with E-state index in [1.165, 1.54) is 0 Å². The van der Waals surface area contributed by atoms with E-state index >= 15 is 0 Å². The summed E-state index contributed by atoms with van der Waals surface area (Å²) in [5, 5.41) is 11.1. The molecule has 0 aliphatic carbocycles. The van der Waals surface area contributed by atoms with Crippen LogP contribution in [0.25, 0.3) is 5.70 Å². The standard InChI is InChI=1S/C23H23N3O3/c1-23(2)19(14-25(3)28-4)21(18-11-15(12-24)9-10-20(18)29-23)26-13-16-7-5-6-8-17(16)22(26)27/h5-11H,13-14H2,1-4H3. The summed E-state index contributed by atoms with van der Waals surface area (Å²) in [6.07, 6.45) is 0. The first-order valence-corrected chi connectivity index (χ1v) is 9.48. The van der Waals surface area contributed by atoms with Crippen LogP contribution in [0.2, 0.25) is 0 Å². The number of hydrogen-bond acceptors (Lipinski definition) is 5. The predicted molar refractivity (Wildman–Crippen MR) is 109 cm³/mol. The van der Waals surface area contributed by atoms with Crippen LogP contribution in [0.5, 0.6) is 5.75 Å². The first kappa shape index (κ1) is 19.2. The Morgan fingerprint density at radius 3 is 2.69 bits per heavy atom. The van der Waals surface area contributed by atoms with E-state index in [0.29, 0.717) is 30.0 Å². The van der Waals surface area contributed by atoms with Crippen molar-refractivity contribution in [3.63, 3.8) is 0 Å². The second kappa shape index (κ2) is 7.03. The molecule has 2 aromatic rings. The van der Waals surface area contributed by atoms with Crippen molar-refractivity contribution >= 4 is 11.6 Å². The summed E-state index contributed by atoms with van der Waals surface area (Å²) < 4.78 is 6.29. The second-order valence-corrected chi connectivity index (χ2v) is 7.78. The van der Waals surface area contributed by atoms with Gasteiger partial charge in [0.2, 0.25) is 0 Å². The fourth-order valence-corrected chi connectivity index (χ4v) is 3.95. The number of carbonyl (C=O) groups excluding carboxylic acids is 1. The van der Waals surface area contributed by atoms with Crippen LogP contribution in [0.3, 0.4) is 0 Å². The summed E-state index contributed by atoms with van der Waals surface area (Å²) in [6.45, 7) is 4.91. The molecule has 2 aromatic carbocycles. The third-order valence-corrected chi connectivity index (χ3v) is 5.53. The normalized spacial score (nSPS) is 17.1. The van der Waals surface area contributed by atoms with Gasteiger partial charge in [-0.25, -0.2) is 0 Å². The fraction of sp³-hybridized carbons (Fsp3) is 0.304. The van der Waals surface area contributed by atoms with Gasteiger partial charge in [0.25, 0.3) is 5.91 Å². The van der Waals surface area contributed by atoms with Crippen molar-refractivity contribution in [1.29, 1.82) is 5.26 Å². The fourth-order valence-electron chi connectivity index (χ4n) is 3.95. The van der Waals surface area contributed by atoms with Crippen molar-refractivity contribution in [2.45, 2.75) is 26.0 Å². The van der Waals surface area contributed by atoms with E-state index in [9.17, 15) is 10.1 Å². The van der Waals surface area contributed by atoms with Gasteiger partial charge in [-0.3, -0.25) is 4.79 Å². The van der Waals surface area contributed by atoms with Gasteiger partial charge < -0.3 is 14.5 Å². The molecule has 0 unspecified atom stereocenters. The zero-order chi connectivity index (χ0) is 20.8. The van der Waals surface area contributed by atoms with Gasteiger partial charge in [0.1, 0.15) is 11.4 Å². The highest BCUT2D eigenvalue weighted by Gasteiger charge is 2.41. The third-order valence-electron chi connectivity index (χ3n) is 5.53. The number of nitriles is 1. The average molecular weight is 389 g/mol. The number of likely N-dealkylation sites (N-methyl/N-ethyl adjacent to an activating group) is 1. The van der Waals surface area contributed by atoms with E-state index in [2.05, 4.69) is 6.07 Å². The number of ether oxygens (including phenoxy) is 1. The van der Waals surface area contributed by atoms with Crippen LogP contribution in [0.15, 0.2) is 48.0 Å². The number of nitrogens with zero attached hydrogens (tertiary/aromatic N) is 3. The van der Waals surface area contributed by atoms with Gasteiger partial charge in [-0.2, -0.15) is 10.3 Å². The molecule has 0 N–H and O–H groups in total. The van der Waals surface area contributed by atoms with Crippen LogP contribution in [0.1, 0.15) is 40.9 Å². The van der Waals surface area contributed by atoms with Crippen molar-refractivity contribution in [1.82, 2.24) is 9.96 Å². The summed E-state index contributed by atoms with van der Waals surface area (Å²) in [5.41, 5.74) is 4.04. The van der Waals surface area contributed by atoms with Crippen LogP contribution in [0.4, 0.5) is 0 Å². The number of rotatable bonds is 4. The maximum absolute atomic E-state index is 13.3. The Morgan fingerprint density at radius 2 is 2.00 bits per heavy atom. The molecule has 0 fully saturated rings. The maximum Gasteiger partial charge on any atom is 0.258 e. The molecule has 2 aliphatic heterocycles. The van der Waals surface area contributed by atoms with Gasteiger partial charge in [-0.15, -0.1) is 0 Å². The lowest BCUT2D eigenvalue weighted by Crippen LogP contribution is -2.42. The average Bonchev–Trinajstić information content (AvgIpc) is 3.04. The molecule has 148 valence electrons. The zero-order valence-corrected chi connectivity index (χ0v) is 17.0. The second-order valence-electron chi connectivity index (χ2n) is 7.78. The highest BCUT2D eigenvalue weighted by atomic mass is 16.7. The van der Waals surface area contributed by atoms with E-state index in [1.54, 1.807) is 35.3 Å². The largest absolute Gasteiger partial charge is 0.483 e. The Bertz CT molecular complexity index is 1070. The van der Waals surface area contributed by atoms with Gasteiger partial charge in [-0.1, -0.05) is 18.2 Å². The van der Waals surface area contributed by atoms with Crippen molar-refractivity contribution in [2.24, 2.45) is 0 Å². The lowest BCUT2D eigenvalue weighted by atomic mass is 9.88. The summed E-state index contributed by atoms with van der Waals surface area (Å²) >= 11 is 0. The summed E-state index contributed by atoms with van der Waals surface area (Å²) in [5.74, 6) is 0.621. The Kier molecular flexibility index (Phi) is 4.65. The number of hydrogen-bond donors (Lipinski definition) is 0. The summed E-state index contributed by atoms with van der Waals surface area (Å²) in [4.78, 5) is 20.5. The Morgan fingerprint density at radius 1 is 1.24 bits per heavy atom. The Hall–Kier alpha value is -3.14. The highest BCUT2D eigenvalue weighted by molar-refractivity contribution is 6.04. The number of hydroxylamine groups is 2. The molecular formula is C23H23N3O3. The Balaban J connectivity index is 1.94. The smallest absolute Gasteiger partial charge is 0.258 e. The zero-order valence-electron chi connectivity index (χ0n) is 17.0. The van der Waals surface area contributed by atoms with Crippen molar-refractivity contribution in [3.8, 4) is 11.8 Å². The van der Waals surface area contributed by atoms with E-state index in [-0.39, 0.29) is 5.91 Å². The topological polar surface area (TPSA) is 65.8 Å².